The van der Waals surface area contributed by atoms with Gasteiger partial charge in [0, 0.05) is 48.0 Å². The molecular weight excluding hydrogens is 528 g/mol. The zero-order valence-corrected chi connectivity index (χ0v) is 22.2. The van der Waals surface area contributed by atoms with Crippen molar-refractivity contribution in [3.63, 3.8) is 0 Å². The van der Waals surface area contributed by atoms with Gasteiger partial charge in [-0.1, -0.05) is 35.3 Å². The molecule has 6 nitrogen and oxygen atoms in total. The van der Waals surface area contributed by atoms with Gasteiger partial charge in [-0.2, -0.15) is 0 Å². The van der Waals surface area contributed by atoms with Crippen LogP contribution in [0.2, 0.25) is 10.0 Å². The van der Waals surface area contributed by atoms with Gasteiger partial charge in [0.05, 0.1) is 10.6 Å². The van der Waals surface area contributed by atoms with E-state index in [0.29, 0.717) is 41.5 Å². The highest BCUT2D eigenvalue weighted by atomic mass is 35.5. The van der Waals surface area contributed by atoms with Crippen LogP contribution in [0.3, 0.4) is 0 Å². The lowest BCUT2D eigenvalue weighted by molar-refractivity contribution is 0.0387. The Morgan fingerprint density at radius 1 is 1.03 bits per heavy atom. The molecule has 38 heavy (non-hydrogen) atoms. The molecule has 9 heteroatoms. The minimum Gasteiger partial charge on any atom is -0.378 e. The molecule has 1 atom stereocenters. The molecule has 3 aromatic carbocycles. The first-order valence-corrected chi connectivity index (χ1v) is 13.5. The highest BCUT2D eigenvalue weighted by molar-refractivity contribution is 6.34. The summed E-state index contributed by atoms with van der Waals surface area (Å²) in [6.07, 6.45) is 2.75. The number of hydrogen-bond donors (Lipinski definition) is 2. The fourth-order valence-electron chi connectivity index (χ4n) is 5.18. The minimum atomic E-state index is -0.648. The third-order valence-electron chi connectivity index (χ3n) is 7.17. The van der Waals surface area contributed by atoms with Gasteiger partial charge in [0.15, 0.2) is 0 Å². The average molecular weight is 556 g/mol. The molecule has 0 spiro atoms. The summed E-state index contributed by atoms with van der Waals surface area (Å²) in [6, 6.07) is 15.0. The number of aliphatic hydroxyl groups excluding tert-OH is 1. The van der Waals surface area contributed by atoms with Gasteiger partial charge < -0.3 is 15.3 Å². The Morgan fingerprint density at radius 3 is 2.63 bits per heavy atom. The number of aryl methyl sites for hydroxylation is 1. The Bertz CT molecular complexity index is 1360. The minimum absolute atomic E-state index is 0.0808. The van der Waals surface area contributed by atoms with E-state index in [-0.39, 0.29) is 16.5 Å². The number of amides is 2. The first-order chi connectivity index (χ1) is 18.3. The molecule has 0 aliphatic carbocycles. The number of fused-ring (bicyclic) bond motifs is 1. The number of rotatable bonds is 6. The molecule has 0 aromatic heterocycles. The topological polar surface area (TPSA) is 72.9 Å². The Labute approximate surface area is 231 Å². The second kappa shape index (κ2) is 11.4. The molecule has 3 aromatic rings. The molecule has 5 rings (SSSR count). The standard InChI is InChI=1S/C29H28Cl2FN3O3/c30-22-10-8-20(28(37)33-12-15-34-13-3-7-26(34)36)17-21(22)18-9-11-25-19(16-18)4-2-14-35(25)29(38)27-23(31)5-1-6-24(27)32/h1,5-6,8-11,16-17,26,36H,2-4,7,12-15H2,(H,33,37). The van der Waals surface area contributed by atoms with Crippen LogP contribution >= 0.6 is 23.2 Å². The van der Waals surface area contributed by atoms with E-state index >= 15 is 0 Å². The fraction of sp³-hybridized carbons (Fsp3) is 0.310. The highest BCUT2D eigenvalue weighted by Crippen LogP contribution is 2.36. The van der Waals surface area contributed by atoms with Crippen molar-refractivity contribution in [2.45, 2.75) is 31.9 Å². The normalized spacial score (nSPS) is 17.4. The van der Waals surface area contributed by atoms with Crippen LogP contribution < -0.4 is 10.2 Å². The monoisotopic (exact) mass is 555 g/mol. The second-order valence-corrected chi connectivity index (χ2v) is 10.4. The third kappa shape index (κ3) is 5.43. The molecule has 2 aliphatic rings. The van der Waals surface area contributed by atoms with E-state index in [4.69, 9.17) is 23.2 Å². The Hall–Kier alpha value is -2.97. The molecular formula is C29H28Cl2FN3O3. The maximum absolute atomic E-state index is 14.4. The summed E-state index contributed by atoms with van der Waals surface area (Å²) >= 11 is 12.7. The first kappa shape index (κ1) is 26.6. The molecule has 0 saturated carbocycles. The van der Waals surface area contributed by atoms with Gasteiger partial charge in [-0.3, -0.25) is 14.5 Å². The molecule has 0 bridgehead atoms. The zero-order valence-electron chi connectivity index (χ0n) is 20.7. The number of halogens is 3. The predicted molar refractivity (Wildman–Crippen MR) is 147 cm³/mol. The highest BCUT2D eigenvalue weighted by Gasteiger charge is 2.28. The maximum Gasteiger partial charge on any atom is 0.262 e. The van der Waals surface area contributed by atoms with E-state index in [1.165, 1.54) is 18.2 Å². The molecule has 1 fully saturated rings. The Balaban J connectivity index is 1.35. The van der Waals surface area contributed by atoms with Crippen molar-refractivity contribution in [1.82, 2.24) is 10.2 Å². The van der Waals surface area contributed by atoms with Gasteiger partial charge in [-0.05, 0) is 79.3 Å². The fourth-order valence-corrected chi connectivity index (χ4v) is 5.66. The van der Waals surface area contributed by atoms with Crippen molar-refractivity contribution in [3.8, 4) is 11.1 Å². The van der Waals surface area contributed by atoms with Gasteiger partial charge >= 0.3 is 0 Å². The summed E-state index contributed by atoms with van der Waals surface area (Å²) in [7, 11) is 0. The van der Waals surface area contributed by atoms with E-state index in [1.807, 2.05) is 23.1 Å². The lowest BCUT2D eigenvalue weighted by Gasteiger charge is -2.30. The van der Waals surface area contributed by atoms with Crippen LogP contribution in [0, 0.1) is 5.82 Å². The summed E-state index contributed by atoms with van der Waals surface area (Å²) in [5.74, 6) is -1.34. The lowest BCUT2D eigenvalue weighted by atomic mass is 9.94. The van der Waals surface area contributed by atoms with Crippen LogP contribution in [-0.2, 0) is 6.42 Å². The van der Waals surface area contributed by atoms with Crippen molar-refractivity contribution < 1.29 is 19.1 Å². The van der Waals surface area contributed by atoms with Crippen molar-refractivity contribution in [2.75, 3.05) is 31.1 Å². The van der Waals surface area contributed by atoms with E-state index < -0.39 is 18.0 Å². The molecule has 1 saturated heterocycles. The Morgan fingerprint density at radius 2 is 1.87 bits per heavy atom. The number of likely N-dealkylation sites (tertiary alicyclic amines) is 1. The van der Waals surface area contributed by atoms with Crippen LogP contribution in [0.15, 0.2) is 54.6 Å². The maximum atomic E-state index is 14.4. The second-order valence-electron chi connectivity index (χ2n) is 9.61. The molecule has 0 radical (unpaired) electrons. The summed E-state index contributed by atoms with van der Waals surface area (Å²) in [4.78, 5) is 29.6. The van der Waals surface area contributed by atoms with Gasteiger partial charge in [0.1, 0.15) is 12.0 Å². The molecule has 2 amide bonds. The predicted octanol–water partition coefficient (Wildman–Crippen LogP) is 5.54. The van der Waals surface area contributed by atoms with Crippen LogP contribution in [0.1, 0.15) is 45.5 Å². The van der Waals surface area contributed by atoms with Crippen LogP contribution in [0.4, 0.5) is 10.1 Å². The van der Waals surface area contributed by atoms with E-state index in [1.54, 1.807) is 23.1 Å². The first-order valence-electron chi connectivity index (χ1n) is 12.7. The summed E-state index contributed by atoms with van der Waals surface area (Å²) < 4.78 is 14.4. The molecule has 2 N–H and O–H groups in total. The van der Waals surface area contributed by atoms with E-state index in [0.717, 1.165) is 43.4 Å². The smallest absolute Gasteiger partial charge is 0.262 e. The SMILES string of the molecule is O=C(NCCN1CCCC1O)c1ccc(Cl)c(-c2ccc3c(c2)CCCN3C(=O)c2c(F)cccc2Cl)c1. The molecule has 1 unspecified atom stereocenters. The molecule has 198 valence electrons. The van der Waals surface area contributed by atoms with Crippen LogP contribution in [-0.4, -0.2) is 54.2 Å². The summed E-state index contributed by atoms with van der Waals surface area (Å²) in [5, 5.41) is 13.4. The summed E-state index contributed by atoms with van der Waals surface area (Å²) in [6.45, 7) is 2.31. The van der Waals surface area contributed by atoms with E-state index in [2.05, 4.69) is 5.32 Å². The molecule has 2 aliphatic heterocycles. The van der Waals surface area contributed by atoms with Crippen molar-refractivity contribution >= 4 is 40.7 Å². The number of carbonyl (C=O) groups excluding carboxylic acids is 2. The third-order valence-corrected chi connectivity index (χ3v) is 7.82. The number of carbonyl (C=O) groups is 2. The number of nitrogens with one attached hydrogen (secondary N) is 1. The Kier molecular flexibility index (Phi) is 8.00. The van der Waals surface area contributed by atoms with Crippen LogP contribution in [0.5, 0.6) is 0 Å². The van der Waals surface area contributed by atoms with Gasteiger partial charge in [0.25, 0.3) is 11.8 Å². The van der Waals surface area contributed by atoms with Gasteiger partial charge in [-0.15, -0.1) is 0 Å². The average Bonchev–Trinajstić information content (AvgIpc) is 3.32. The van der Waals surface area contributed by atoms with Crippen molar-refractivity contribution in [1.29, 1.82) is 0 Å². The quantitative estimate of drug-likeness (QED) is 0.419. The van der Waals surface area contributed by atoms with E-state index in [9.17, 15) is 19.1 Å². The van der Waals surface area contributed by atoms with Gasteiger partial charge in [-0.25, -0.2) is 4.39 Å². The van der Waals surface area contributed by atoms with Crippen molar-refractivity contribution in [2.24, 2.45) is 0 Å². The number of anilines is 1. The van der Waals surface area contributed by atoms with Crippen molar-refractivity contribution in [3.05, 3.63) is 87.2 Å². The number of benzene rings is 3. The number of nitrogens with zero attached hydrogens (tertiary/aromatic N) is 2. The summed E-state index contributed by atoms with van der Waals surface area (Å²) in [5.41, 5.74) is 3.52. The number of aliphatic hydroxyl groups is 1. The van der Waals surface area contributed by atoms with Gasteiger partial charge in [0.2, 0.25) is 0 Å². The number of hydrogen-bond acceptors (Lipinski definition) is 4. The lowest BCUT2D eigenvalue weighted by Crippen LogP contribution is -2.37. The van der Waals surface area contributed by atoms with Crippen LogP contribution in [0.25, 0.3) is 11.1 Å². The molecule has 2 heterocycles. The largest absolute Gasteiger partial charge is 0.378 e. The zero-order chi connectivity index (χ0) is 26.8.